The van der Waals surface area contributed by atoms with Gasteiger partial charge < -0.3 is 5.32 Å². The van der Waals surface area contributed by atoms with Crippen LogP contribution in [-0.2, 0) is 0 Å². The predicted octanol–water partition coefficient (Wildman–Crippen LogP) is 4.36. The van der Waals surface area contributed by atoms with Gasteiger partial charge in [-0.3, -0.25) is 10.1 Å². The van der Waals surface area contributed by atoms with E-state index in [4.69, 9.17) is 0 Å². The lowest BCUT2D eigenvalue weighted by Crippen LogP contribution is -2.40. The van der Waals surface area contributed by atoms with Crippen LogP contribution in [0.2, 0.25) is 0 Å². The number of rotatable bonds is 3. The minimum Gasteiger partial charge on any atom is -0.382 e. The Morgan fingerprint density at radius 1 is 1.38 bits per heavy atom. The Morgan fingerprint density at radius 3 is 2.62 bits per heavy atom. The minimum absolute atomic E-state index is 0.181. The Morgan fingerprint density at radius 2 is 2.10 bits per heavy atom. The van der Waals surface area contributed by atoms with Crippen LogP contribution in [0.15, 0.2) is 18.2 Å². The van der Waals surface area contributed by atoms with E-state index < -0.39 is 16.4 Å². The number of fused-ring (bicyclic) bond motifs is 2. The lowest BCUT2D eigenvalue weighted by molar-refractivity contribution is -0.387. The smallest absolute Gasteiger partial charge is 0.306 e. The fourth-order valence-electron chi connectivity index (χ4n) is 4.37. The van der Waals surface area contributed by atoms with Gasteiger partial charge in [0, 0.05) is 17.8 Å². The first kappa shape index (κ1) is 14.3. The lowest BCUT2D eigenvalue weighted by Gasteiger charge is -2.39. The average Bonchev–Trinajstić information content (AvgIpc) is 2.74. The summed E-state index contributed by atoms with van der Waals surface area (Å²) in [6.45, 7) is 6.94. The van der Waals surface area contributed by atoms with E-state index in [0.29, 0.717) is 11.6 Å². The van der Waals surface area contributed by atoms with E-state index in [9.17, 15) is 14.5 Å². The first-order valence-corrected chi connectivity index (χ1v) is 7.46. The summed E-state index contributed by atoms with van der Waals surface area (Å²) >= 11 is 0. The number of nitro benzene ring substituents is 1. The first-order chi connectivity index (χ1) is 9.75. The summed E-state index contributed by atoms with van der Waals surface area (Å²) in [5.74, 6) is -0.0968. The first-order valence-electron chi connectivity index (χ1n) is 7.46. The van der Waals surface area contributed by atoms with Crippen molar-refractivity contribution in [2.75, 3.05) is 5.32 Å². The van der Waals surface area contributed by atoms with Crippen LogP contribution >= 0.6 is 0 Å². The Kier molecular flexibility index (Phi) is 3.01. The van der Waals surface area contributed by atoms with E-state index in [2.05, 4.69) is 26.1 Å². The maximum Gasteiger partial charge on any atom is 0.306 e. The highest BCUT2D eigenvalue weighted by molar-refractivity contribution is 5.53. The number of benzene rings is 1. The molecule has 2 aliphatic carbocycles. The molecule has 3 rings (SSSR count). The molecule has 3 atom stereocenters. The summed E-state index contributed by atoms with van der Waals surface area (Å²) in [4.78, 5) is 10.2. The third-order valence-electron chi connectivity index (χ3n) is 6.28. The molecule has 2 fully saturated rings. The molecule has 2 saturated carbocycles. The molecule has 21 heavy (non-hydrogen) atoms. The fourth-order valence-corrected chi connectivity index (χ4v) is 4.37. The second kappa shape index (κ2) is 4.42. The minimum atomic E-state index is -0.787. The van der Waals surface area contributed by atoms with Crippen LogP contribution in [-0.4, -0.2) is 11.0 Å². The van der Waals surface area contributed by atoms with Gasteiger partial charge in [-0.1, -0.05) is 20.8 Å². The zero-order chi connectivity index (χ0) is 15.4. The highest BCUT2D eigenvalue weighted by Crippen LogP contribution is 2.65. The van der Waals surface area contributed by atoms with Crippen LogP contribution in [0.25, 0.3) is 0 Å². The molecule has 2 aliphatic rings. The maximum absolute atomic E-state index is 13.4. The molecule has 114 valence electrons. The standard InChI is InChI=1S/C16H21FN2O2/c1-15(2)10-6-7-16(15,3)14(8-10)18-11-4-5-12(17)13(9-11)19(20)21/h4-5,9-10,14,18H,6-8H2,1-3H3. The third-order valence-corrected chi connectivity index (χ3v) is 6.28. The molecule has 0 heterocycles. The Bertz CT molecular complexity index is 602. The average molecular weight is 292 g/mol. The van der Waals surface area contributed by atoms with E-state index in [1.165, 1.54) is 25.0 Å². The predicted molar refractivity (Wildman–Crippen MR) is 79.7 cm³/mol. The molecule has 0 radical (unpaired) electrons. The molecular formula is C16H21FN2O2. The van der Waals surface area contributed by atoms with Gasteiger partial charge in [0.05, 0.1) is 4.92 Å². The van der Waals surface area contributed by atoms with E-state index in [-0.39, 0.29) is 16.9 Å². The van der Waals surface area contributed by atoms with Gasteiger partial charge in [0.25, 0.3) is 0 Å². The van der Waals surface area contributed by atoms with Crippen molar-refractivity contribution in [2.45, 2.75) is 46.1 Å². The van der Waals surface area contributed by atoms with Crippen LogP contribution in [0.1, 0.15) is 40.0 Å². The van der Waals surface area contributed by atoms with Crippen LogP contribution in [0.5, 0.6) is 0 Å². The Hall–Kier alpha value is -1.65. The molecule has 0 saturated heterocycles. The summed E-state index contributed by atoms with van der Waals surface area (Å²) in [6.07, 6.45) is 3.51. The van der Waals surface area contributed by atoms with Crippen LogP contribution in [0, 0.1) is 32.7 Å². The topological polar surface area (TPSA) is 55.2 Å². The van der Waals surface area contributed by atoms with Crippen LogP contribution in [0.3, 0.4) is 0 Å². The van der Waals surface area contributed by atoms with Gasteiger partial charge >= 0.3 is 5.69 Å². The molecule has 0 aliphatic heterocycles. The van der Waals surface area contributed by atoms with Gasteiger partial charge in [-0.25, -0.2) is 0 Å². The Balaban J connectivity index is 1.86. The van der Waals surface area contributed by atoms with Crippen molar-refractivity contribution in [2.24, 2.45) is 16.7 Å². The SMILES string of the molecule is CC1(C)C2CCC1(C)C(Nc1ccc(F)c([N+](=O)[O-])c1)C2. The Labute approximate surface area is 123 Å². The van der Waals surface area contributed by atoms with Gasteiger partial charge in [0.2, 0.25) is 5.82 Å². The summed E-state index contributed by atoms with van der Waals surface area (Å²) in [7, 11) is 0. The van der Waals surface area contributed by atoms with Crippen LogP contribution in [0.4, 0.5) is 15.8 Å². The normalized spacial score (nSPS) is 33.1. The van der Waals surface area contributed by atoms with Crippen molar-refractivity contribution < 1.29 is 9.31 Å². The van der Waals surface area contributed by atoms with Crippen molar-refractivity contribution in [3.63, 3.8) is 0 Å². The van der Waals surface area contributed by atoms with Crippen molar-refractivity contribution in [3.8, 4) is 0 Å². The number of nitro groups is 1. The molecule has 5 heteroatoms. The summed E-state index contributed by atoms with van der Waals surface area (Å²) in [6, 6.07) is 4.35. The number of nitrogens with zero attached hydrogens (tertiary/aromatic N) is 1. The molecule has 2 bridgehead atoms. The highest BCUT2D eigenvalue weighted by Gasteiger charge is 2.61. The van der Waals surface area contributed by atoms with Crippen molar-refractivity contribution in [1.29, 1.82) is 0 Å². The monoisotopic (exact) mass is 292 g/mol. The molecule has 0 spiro atoms. The lowest BCUT2D eigenvalue weighted by atomic mass is 9.69. The van der Waals surface area contributed by atoms with E-state index in [0.717, 1.165) is 6.42 Å². The van der Waals surface area contributed by atoms with Gasteiger partial charge in [0.1, 0.15) is 0 Å². The number of halogens is 1. The molecule has 1 N–H and O–H groups in total. The van der Waals surface area contributed by atoms with Crippen molar-refractivity contribution in [3.05, 3.63) is 34.1 Å². The summed E-state index contributed by atoms with van der Waals surface area (Å²) in [5.41, 5.74) is 0.627. The van der Waals surface area contributed by atoms with E-state index in [1.54, 1.807) is 6.07 Å². The maximum atomic E-state index is 13.4. The summed E-state index contributed by atoms with van der Waals surface area (Å²) < 4.78 is 13.4. The third kappa shape index (κ3) is 1.93. The zero-order valence-corrected chi connectivity index (χ0v) is 12.6. The van der Waals surface area contributed by atoms with E-state index >= 15 is 0 Å². The quantitative estimate of drug-likeness (QED) is 0.665. The second-order valence-corrected chi connectivity index (χ2v) is 7.23. The fraction of sp³-hybridized carbons (Fsp3) is 0.625. The number of hydrogen-bond acceptors (Lipinski definition) is 3. The number of nitrogens with one attached hydrogen (secondary N) is 1. The molecule has 1 aromatic carbocycles. The van der Waals surface area contributed by atoms with Crippen molar-refractivity contribution in [1.82, 2.24) is 0 Å². The van der Waals surface area contributed by atoms with Gasteiger partial charge in [-0.2, -0.15) is 4.39 Å². The molecule has 4 nitrogen and oxygen atoms in total. The number of hydrogen-bond donors (Lipinski definition) is 1. The highest BCUT2D eigenvalue weighted by atomic mass is 19.1. The number of anilines is 1. The zero-order valence-electron chi connectivity index (χ0n) is 12.6. The van der Waals surface area contributed by atoms with Crippen molar-refractivity contribution >= 4 is 11.4 Å². The largest absolute Gasteiger partial charge is 0.382 e. The summed E-state index contributed by atoms with van der Waals surface area (Å²) in [5, 5.41) is 14.3. The molecule has 0 aromatic heterocycles. The van der Waals surface area contributed by atoms with E-state index in [1.807, 2.05) is 0 Å². The molecule has 0 amide bonds. The molecule has 3 unspecified atom stereocenters. The molecular weight excluding hydrogens is 271 g/mol. The molecule has 1 aromatic rings. The second-order valence-electron chi connectivity index (χ2n) is 7.23. The van der Waals surface area contributed by atoms with Crippen LogP contribution < -0.4 is 5.32 Å². The van der Waals surface area contributed by atoms with Gasteiger partial charge in [-0.05, 0) is 48.1 Å². The van der Waals surface area contributed by atoms with Gasteiger partial charge in [0.15, 0.2) is 0 Å². The van der Waals surface area contributed by atoms with Gasteiger partial charge in [-0.15, -0.1) is 0 Å².